The topological polar surface area (TPSA) is 110 Å². The summed E-state index contributed by atoms with van der Waals surface area (Å²) >= 11 is 0. The fourth-order valence-corrected chi connectivity index (χ4v) is 1.58. The first-order valence-corrected chi connectivity index (χ1v) is 5.01. The monoisotopic (exact) mass is 236 g/mol. The molecule has 4 N–H and O–H groups in total. The maximum absolute atomic E-state index is 10.8. The minimum Gasteiger partial charge on any atom is -0.441 e. The third-order valence-electron chi connectivity index (χ3n) is 2.45. The Morgan fingerprint density at radius 2 is 2.18 bits per heavy atom. The van der Waals surface area contributed by atoms with Crippen LogP contribution in [-0.2, 0) is 4.79 Å². The highest BCUT2D eigenvalue weighted by molar-refractivity contribution is 5.80. The van der Waals surface area contributed by atoms with Crippen LogP contribution in [0.5, 0.6) is 0 Å². The average Bonchev–Trinajstić information content (AvgIpc) is 2.65. The number of carbonyl (C=O) groups is 1. The molecule has 0 aliphatic carbocycles. The maximum Gasteiger partial charge on any atom is 0.249 e. The molecule has 1 aromatic carbocycles. The summed E-state index contributed by atoms with van der Waals surface area (Å²) < 4.78 is 5.26. The molecule has 2 aromatic rings. The Kier molecular flexibility index (Phi) is 2.83. The predicted molar refractivity (Wildman–Crippen MR) is 58.9 cm³/mol. The van der Waals surface area contributed by atoms with E-state index in [2.05, 4.69) is 4.98 Å². The third-order valence-corrected chi connectivity index (χ3v) is 2.45. The Hall–Kier alpha value is -1.92. The first kappa shape index (κ1) is 11.6. The summed E-state index contributed by atoms with van der Waals surface area (Å²) in [5, 5.41) is 19.1. The van der Waals surface area contributed by atoms with Crippen molar-refractivity contribution in [2.45, 2.75) is 19.1 Å². The molecule has 90 valence electrons. The molecule has 0 aliphatic rings. The molecule has 0 fully saturated rings. The van der Waals surface area contributed by atoms with Crippen LogP contribution in [0.1, 0.15) is 17.6 Å². The van der Waals surface area contributed by atoms with Gasteiger partial charge < -0.3 is 20.4 Å². The van der Waals surface area contributed by atoms with Crippen molar-refractivity contribution in [2.75, 3.05) is 0 Å². The highest BCUT2D eigenvalue weighted by atomic mass is 16.3. The summed E-state index contributed by atoms with van der Waals surface area (Å²) in [5.41, 5.74) is 6.39. The quantitative estimate of drug-likeness (QED) is 0.695. The molecular formula is C11H12N2O4. The fourth-order valence-electron chi connectivity index (χ4n) is 1.58. The minimum absolute atomic E-state index is 0.358. The molecule has 0 saturated carbocycles. The number of nitrogens with zero attached hydrogens (tertiary/aromatic N) is 1. The van der Waals surface area contributed by atoms with Gasteiger partial charge in [0.2, 0.25) is 5.91 Å². The number of primary amides is 1. The number of hydrogen-bond acceptors (Lipinski definition) is 5. The van der Waals surface area contributed by atoms with Gasteiger partial charge in [-0.15, -0.1) is 0 Å². The molecule has 6 heteroatoms. The Bertz CT molecular complexity index is 564. The van der Waals surface area contributed by atoms with E-state index in [1.165, 1.54) is 0 Å². The van der Waals surface area contributed by atoms with Crippen LogP contribution in [-0.4, -0.2) is 27.2 Å². The van der Waals surface area contributed by atoms with E-state index in [0.717, 1.165) is 0 Å². The molecule has 1 amide bonds. The van der Waals surface area contributed by atoms with Gasteiger partial charge in [0.25, 0.3) is 0 Å². The predicted octanol–water partition coefficient (Wildman–Crippen LogP) is 0.0158. The van der Waals surface area contributed by atoms with Crippen molar-refractivity contribution >= 4 is 17.0 Å². The van der Waals surface area contributed by atoms with Gasteiger partial charge in [0, 0.05) is 6.92 Å². The van der Waals surface area contributed by atoms with Gasteiger partial charge in [-0.3, -0.25) is 4.79 Å². The zero-order valence-electron chi connectivity index (χ0n) is 9.12. The lowest BCUT2D eigenvalue weighted by atomic mass is 10.0. The van der Waals surface area contributed by atoms with E-state index >= 15 is 0 Å². The Morgan fingerprint density at radius 3 is 2.82 bits per heavy atom. The van der Waals surface area contributed by atoms with Crippen LogP contribution in [0.25, 0.3) is 11.1 Å². The van der Waals surface area contributed by atoms with E-state index in [1.54, 1.807) is 25.1 Å². The number of amides is 1. The summed E-state index contributed by atoms with van der Waals surface area (Å²) in [6.45, 7) is 1.70. The Morgan fingerprint density at radius 1 is 1.47 bits per heavy atom. The van der Waals surface area contributed by atoms with E-state index in [0.29, 0.717) is 22.6 Å². The number of fused-ring (bicyclic) bond motifs is 1. The summed E-state index contributed by atoms with van der Waals surface area (Å²) in [7, 11) is 0. The van der Waals surface area contributed by atoms with Gasteiger partial charge in [-0.25, -0.2) is 4.98 Å². The third kappa shape index (κ3) is 2.13. The average molecular weight is 236 g/mol. The highest BCUT2D eigenvalue weighted by Crippen LogP contribution is 2.22. The second kappa shape index (κ2) is 4.15. The number of benzene rings is 1. The number of hydrogen-bond donors (Lipinski definition) is 3. The van der Waals surface area contributed by atoms with E-state index in [1.807, 2.05) is 0 Å². The number of aliphatic hydroxyl groups is 2. The summed E-state index contributed by atoms with van der Waals surface area (Å²) in [6.07, 6.45) is -3.01. The van der Waals surface area contributed by atoms with Crippen LogP contribution in [0.3, 0.4) is 0 Å². The molecule has 0 aliphatic heterocycles. The molecule has 17 heavy (non-hydrogen) atoms. The molecule has 2 rings (SSSR count). The normalized spacial score (nSPS) is 14.8. The molecule has 2 atom stereocenters. The molecular weight excluding hydrogens is 224 g/mol. The van der Waals surface area contributed by atoms with E-state index in [-0.39, 0.29) is 0 Å². The number of carbonyl (C=O) groups excluding carboxylic acids is 1. The molecule has 0 spiro atoms. The first-order chi connectivity index (χ1) is 7.99. The second-order valence-corrected chi connectivity index (χ2v) is 3.75. The molecule has 1 aromatic heterocycles. The molecule has 0 bridgehead atoms. The van der Waals surface area contributed by atoms with Crippen molar-refractivity contribution in [3.8, 4) is 0 Å². The zero-order valence-corrected chi connectivity index (χ0v) is 9.12. The SMILES string of the molecule is Cc1nc2cc(C(O)C(O)C(N)=O)ccc2o1. The number of rotatable bonds is 3. The van der Waals surface area contributed by atoms with Gasteiger partial charge in [-0.1, -0.05) is 6.07 Å². The van der Waals surface area contributed by atoms with Crippen molar-refractivity contribution in [2.24, 2.45) is 5.73 Å². The van der Waals surface area contributed by atoms with E-state index in [4.69, 9.17) is 10.2 Å². The van der Waals surface area contributed by atoms with Crippen molar-refractivity contribution in [1.29, 1.82) is 0 Å². The first-order valence-electron chi connectivity index (χ1n) is 5.01. The lowest BCUT2D eigenvalue weighted by molar-refractivity contribution is -0.131. The largest absolute Gasteiger partial charge is 0.441 e. The number of aromatic nitrogens is 1. The summed E-state index contributed by atoms with van der Waals surface area (Å²) in [4.78, 5) is 14.8. The summed E-state index contributed by atoms with van der Waals surface area (Å²) in [5.74, 6) is -0.476. The van der Waals surface area contributed by atoms with Crippen molar-refractivity contribution in [1.82, 2.24) is 4.98 Å². The van der Waals surface area contributed by atoms with Crippen LogP contribution in [0.2, 0.25) is 0 Å². The Labute approximate surface area is 96.7 Å². The van der Waals surface area contributed by atoms with Gasteiger partial charge in [-0.2, -0.15) is 0 Å². The number of aryl methyl sites for hydroxylation is 1. The fraction of sp³-hybridized carbons (Fsp3) is 0.273. The number of oxazole rings is 1. The molecule has 2 unspecified atom stereocenters. The zero-order chi connectivity index (χ0) is 12.6. The van der Waals surface area contributed by atoms with Gasteiger partial charge in [0.05, 0.1) is 0 Å². The van der Waals surface area contributed by atoms with Gasteiger partial charge in [0.1, 0.15) is 11.6 Å². The van der Waals surface area contributed by atoms with Crippen molar-refractivity contribution in [3.05, 3.63) is 29.7 Å². The lowest BCUT2D eigenvalue weighted by Crippen LogP contribution is -2.33. The number of aliphatic hydroxyl groups excluding tert-OH is 2. The van der Waals surface area contributed by atoms with Crippen molar-refractivity contribution < 1.29 is 19.4 Å². The molecule has 0 radical (unpaired) electrons. The second-order valence-electron chi connectivity index (χ2n) is 3.75. The van der Waals surface area contributed by atoms with Crippen LogP contribution >= 0.6 is 0 Å². The van der Waals surface area contributed by atoms with Crippen LogP contribution in [0, 0.1) is 6.92 Å². The number of nitrogens with two attached hydrogens (primary N) is 1. The minimum atomic E-state index is -1.64. The van der Waals surface area contributed by atoms with E-state index in [9.17, 15) is 15.0 Å². The molecule has 1 heterocycles. The Balaban J connectivity index is 2.38. The van der Waals surface area contributed by atoms with Crippen LogP contribution in [0.4, 0.5) is 0 Å². The maximum atomic E-state index is 10.8. The molecule has 0 saturated heterocycles. The smallest absolute Gasteiger partial charge is 0.249 e. The van der Waals surface area contributed by atoms with Crippen LogP contribution in [0.15, 0.2) is 22.6 Å². The van der Waals surface area contributed by atoms with Crippen molar-refractivity contribution in [3.63, 3.8) is 0 Å². The standard InChI is InChI=1S/C11H12N2O4/c1-5-13-7-4-6(2-3-8(7)17-5)9(14)10(15)11(12)16/h2-4,9-10,14-15H,1H3,(H2,12,16). The lowest BCUT2D eigenvalue weighted by Gasteiger charge is -2.14. The van der Waals surface area contributed by atoms with Crippen LogP contribution < -0.4 is 5.73 Å². The van der Waals surface area contributed by atoms with Gasteiger partial charge in [0.15, 0.2) is 17.6 Å². The van der Waals surface area contributed by atoms with E-state index < -0.39 is 18.1 Å². The van der Waals surface area contributed by atoms with Gasteiger partial charge in [-0.05, 0) is 17.7 Å². The molecule has 6 nitrogen and oxygen atoms in total. The summed E-state index contributed by atoms with van der Waals surface area (Å²) in [6, 6.07) is 4.70. The van der Waals surface area contributed by atoms with Gasteiger partial charge >= 0.3 is 0 Å². The highest BCUT2D eigenvalue weighted by Gasteiger charge is 2.23.